The molecule has 3 N–H and O–H groups in total. The Morgan fingerprint density at radius 1 is 1.35 bits per heavy atom. The first-order chi connectivity index (χ1) is 11.0. The van der Waals surface area contributed by atoms with Crippen LogP contribution < -0.4 is 15.4 Å². The molecule has 23 heavy (non-hydrogen) atoms. The van der Waals surface area contributed by atoms with E-state index in [0.717, 1.165) is 4.88 Å². The summed E-state index contributed by atoms with van der Waals surface area (Å²) < 4.78 is 18.2. The van der Waals surface area contributed by atoms with Crippen LogP contribution in [0, 0.1) is 12.7 Å². The smallest absolute Gasteiger partial charge is 0.315 e. The van der Waals surface area contributed by atoms with Gasteiger partial charge in [-0.2, -0.15) is 0 Å². The number of carbonyl (C=O) groups is 1. The van der Waals surface area contributed by atoms with Gasteiger partial charge in [-0.1, -0.05) is 6.07 Å². The van der Waals surface area contributed by atoms with E-state index in [9.17, 15) is 14.3 Å². The molecule has 0 spiro atoms. The van der Waals surface area contributed by atoms with Gasteiger partial charge in [0.25, 0.3) is 0 Å². The van der Waals surface area contributed by atoms with Gasteiger partial charge in [-0.25, -0.2) is 9.18 Å². The molecule has 2 amide bonds. The van der Waals surface area contributed by atoms with Crippen molar-refractivity contribution in [3.05, 3.63) is 52.0 Å². The zero-order valence-electron chi connectivity index (χ0n) is 12.7. The first-order valence-electron chi connectivity index (χ1n) is 7.16. The Kier molecular flexibility index (Phi) is 6.37. The molecule has 1 aromatic carbocycles. The van der Waals surface area contributed by atoms with E-state index in [4.69, 9.17) is 4.74 Å². The molecule has 0 saturated carbocycles. The molecule has 2 aromatic rings. The third-order valence-electron chi connectivity index (χ3n) is 2.96. The lowest BCUT2D eigenvalue weighted by Crippen LogP contribution is -2.40. The summed E-state index contributed by atoms with van der Waals surface area (Å²) in [6.07, 6.45) is -0.881. The van der Waals surface area contributed by atoms with E-state index in [0.29, 0.717) is 12.3 Å². The molecule has 0 unspecified atom stereocenters. The molecule has 0 radical (unpaired) electrons. The first-order valence-corrected chi connectivity index (χ1v) is 7.98. The van der Waals surface area contributed by atoms with Gasteiger partial charge in [0, 0.05) is 22.4 Å². The second-order valence-electron chi connectivity index (χ2n) is 5.00. The molecular formula is C16H19FN2O3S. The molecule has 5 nitrogen and oxygen atoms in total. The third kappa shape index (κ3) is 6.25. The maximum Gasteiger partial charge on any atom is 0.315 e. The Hall–Kier alpha value is -2.12. The minimum Gasteiger partial charge on any atom is -0.491 e. The van der Waals surface area contributed by atoms with Crippen molar-refractivity contribution in [2.45, 2.75) is 19.6 Å². The quantitative estimate of drug-likeness (QED) is 0.726. The molecule has 0 saturated heterocycles. The molecular weight excluding hydrogens is 319 g/mol. The van der Waals surface area contributed by atoms with E-state index < -0.39 is 11.9 Å². The Morgan fingerprint density at radius 3 is 2.87 bits per heavy atom. The van der Waals surface area contributed by atoms with Gasteiger partial charge in [0.05, 0.1) is 6.54 Å². The van der Waals surface area contributed by atoms with Crippen LogP contribution in [0.2, 0.25) is 0 Å². The summed E-state index contributed by atoms with van der Waals surface area (Å²) in [6, 6.07) is 9.25. The second-order valence-corrected chi connectivity index (χ2v) is 6.37. The number of hydrogen-bond donors (Lipinski definition) is 3. The number of amides is 2. The number of hydrogen-bond acceptors (Lipinski definition) is 4. The highest BCUT2D eigenvalue weighted by atomic mass is 32.1. The van der Waals surface area contributed by atoms with E-state index in [-0.39, 0.29) is 19.2 Å². The number of carbonyl (C=O) groups excluding carboxylic acids is 1. The summed E-state index contributed by atoms with van der Waals surface area (Å²) >= 11 is 1.62. The highest BCUT2D eigenvalue weighted by molar-refractivity contribution is 7.11. The second kappa shape index (κ2) is 8.50. The predicted molar refractivity (Wildman–Crippen MR) is 87.2 cm³/mol. The molecule has 0 aliphatic carbocycles. The van der Waals surface area contributed by atoms with Crippen LogP contribution in [0.15, 0.2) is 36.4 Å². The van der Waals surface area contributed by atoms with Crippen LogP contribution in [0.3, 0.4) is 0 Å². The minimum absolute atomic E-state index is 0.0339. The highest BCUT2D eigenvalue weighted by Gasteiger charge is 2.08. The predicted octanol–water partition coefficient (Wildman–Crippen LogP) is 2.43. The number of aliphatic hydroxyl groups excluding tert-OH is 1. The number of ether oxygens (including phenoxy) is 1. The zero-order chi connectivity index (χ0) is 16.7. The maximum absolute atomic E-state index is 13.0. The van der Waals surface area contributed by atoms with Gasteiger partial charge < -0.3 is 20.5 Å². The molecule has 1 atom stereocenters. The van der Waals surface area contributed by atoms with Gasteiger partial charge in [0.2, 0.25) is 0 Å². The lowest BCUT2D eigenvalue weighted by atomic mass is 10.3. The fourth-order valence-electron chi connectivity index (χ4n) is 1.83. The van der Waals surface area contributed by atoms with E-state index in [1.165, 1.54) is 23.1 Å². The monoisotopic (exact) mass is 338 g/mol. The van der Waals surface area contributed by atoms with Crippen LogP contribution >= 0.6 is 11.3 Å². The van der Waals surface area contributed by atoms with E-state index in [1.54, 1.807) is 17.4 Å². The summed E-state index contributed by atoms with van der Waals surface area (Å²) in [5.74, 6) is -0.0696. The van der Waals surface area contributed by atoms with Crippen molar-refractivity contribution in [2.24, 2.45) is 0 Å². The zero-order valence-corrected chi connectivity index (χ0v) is 13.5. The Morgan fingerprint density at radius 2 is 2.17 bits per heavy atom. The molecule has 1 heterocycles. The van der Waals surface area contributed by atoms with Crippen molar-refractivity contribution in [1.29, 1.82) is 0 Å². The molecule has 0 aliphatic rings. The summed E-state index contributed by atoms with van der Waals surface area (Å²) in [7, 11) is 0. The largest absolute Gasteiger partial charge is 0.491 e. The Labute approximate surface area is 138 Å². The normalized spacial score (nSPS) is 11.8. The fraction of sp³-hybridized carbons (Fsp3) is 0.312. The molecule has 124 valence electrons. The molecule has 7 heteroatoms. The van der Waals surface area contributed by atoms with Gasteiger partial charge in [-0.15, -0.1) is 11.3 Å². The average molecular weight is 338 g/mol. The van der Waals surface area contributed by atoms with E-state index in [1.807, 2.05) is 19.1 Å². The van der Waals surface area contributed by atoms with Crippen molar-refractivity contribution in [1.82, 2.24) is 10.6 Å². The maximum atomic E-state index is 13.0. The van der Waals surface area contributed by atoms with Crippen LogP contribution in [0.1, 0.15) is 9.75 Å². The Bertz CT molecular complexity index is 648. The van der Waals surface area contributed by atoms with Gasteiger partial charge in [0.1, 0.15) is 24.3 Å². The number of urea groups is 1. The van der Waals surface area contributed by atoms with Crippen LogP contribution in [-0.4, -0.2) is 30.4 Å². The molecule has 0 aliphatic heterocycles. The van der Waals surface area contributed by atoms with Gasteiger partial charge >= 0.3 is 6.03 Å². The molecule has 2 rings (SSSR count). The minimum atomic E-state index is -0.881. The van der Waals surface area contributed by atoms with Crippen LogP contribution in [0.25, 0.3) is 0 Å². The number of thiophene rings is 1. The number of benzene rings is 1. The van der Waals surface area contributed by atoms with Crippen LogP contribution in [0.4, 0.5) is 9.18 Å². The SMILES string of the molecule is Cc1ccc(CNC(=O)NC[C@H](O)COc2cccc(F)c2)s1. The van der Waals surface area contributed by atoms with Gasteiger partial charge in [-0.3, -0.25) is 0 Å². The molecule has 0 bridgehead atoms. The summed E-state index contributed by atoms with van der Waals surface area (Å²) in [4.78, 5) is 13.9. The average Bonchev–Trinajstić information content (AvgIpc) is 2.94. The number of halogens is 1. The van der Waals surface area contributed by atoms with Crippen LogP contribution in [-0.2, 0) is 6.54 Å². The van der Waals surface area contributed by atoms with E-state index in [2.05, 4.69) is 10.6 Å². The van der Waals surface area contributed by atoms with Crippen molar-refractivity contribution in [2.75, 3.05) is 13.2 Å². The molecule has 0 fully saturated rings. The van der Waals surface area contributed by atoms with Crippen molar-refractivity contribution < 1.29 is 19.0 Å². The van der Waals surface area contributed by atoms with E-state index >= 15 is 0 Å². The summed E-state index contributed by atoms with van der Waals surface area (Å²) in [5.41, 5.74) is 0. The lowest BCUT2D eigenvalue weighted by Gasteiger charge is -2.13. The fourth-order valence-corrected chi connectivity index (χ4v) is 2.66. The van der Waals surface area contributed by atoms with Crippen LogP contribution in [0.5, 0.6) is 5.75 Å². The summed E-state index contributed by atoms with van der Waals surface area (Å²) in [5, 5.41) is 15.0. The Balaban J connectivity index is 1.63. The first kappa shape index (κ1) is 17.2. The number of nitrogens with one attached hydrogen (secondary N) is 2. The van der Waals surface area contributed by atoms with Crippen molar-refractivity contribution in [3.63, 3.8) is 0 Å². The third-order valence-corrected chi connectivity index (χ3v) is 3.96. The lowest BCUT2D eigenvalue weighted by molar-refractivity contribution is 0.107. The highest BCUT2D eigenvalue weighted by Crippen LogP contribution is 2.14. The van der Waals surface area contributed by atoms with Gasteiger partial charge in [0.15, 0.2) is 0 Å². The molecule has 1 aromatic heterocycles. The number of aliphatic hydroxyl groups is 1. The number of aryl methyl sites for hydroxylation is 1. The standard InChI is InChI=1S/C16H19FN2O3S/c1-11-5-6-15(23-11)9-19-16(21)18-8-13(20)10-22-14-4-2-3-12(17)7-14/h2-7,13,20H,8-10H2,1H3,(H2,18,19,21)/t13-/m0/s1. The van der Waals surface area contributed by atoms with Crippen molar-refractivity contribution in [3.8, 4) is 5.75 Å². The van der Waals surface area contributed by atoms with Crippen molar-refractivity contribution >= 4 is 17.4 Å². The number of rotatable bonds is 7. The van der Waals surface area contributed by atoms with Gasteiger partial charge in [-0.05, 0) is 31.2 Å². The summed E-state index contributed by atoms with van der Waals surface area (Å²) in [6.45, 7) is 2.46. The topological polar surface area (TPSA) is 70.6 Å².